The van der Waals surface area contributed by atoms with Gasteiger partial charge in [-0.15, -0.1) is 0 Å². The van der Waals surface area contributed by atoms with Crippen LogP contribution in [-0.4, -0.2) is 28.5 Å². The van der Waals surface area contributed by atoms with E-state index in [0.29, 0.717) is 0 Å². The SMILES string of the molecule is O=C(CNC(=O)c1ccc([N+](=O)[O-])cc1)NO. The molecule has 0 aromatic heterocycles. The summed E-state index contributed by atoms with van der Waals surface area (Å²) in [6.07, 6.45) is 0. The Morgan fingerprint density at radius 2 is 1.88 bits per heavy atom. The quantitative estimate of drug-likeness (QED) is 0.382. The number of amides is 2. The van der Waals surface area contributed by atoms with Crippen LogP contribution in [0.4, 0.5) is 5.69 Å². The zero-order valence-electron chi connectivity index (χ0n) is 8.54. The van der Waals surface area contributed by atoms with Crippen molar-refractivity contribution in [2.45, 2.75) is 0 Å². The van der Waals surface area contributed by atoms with E-state index in [4.69, 9.17) is 5.21 Å². The van der Waals surface area contributed by atoms with Crippen LogP contribution in [-0.2, 0) is 4.79 Å². The Labute approximate surface area is 95.4 Å². The number of nitro groups is 1. The van der Waals surface area contributed by atoms with Gasteiger partial charge in [-0.25, -0.2) is 5.48 Å². The number of carbonyl (C=O) groups excluding carboxylic acids is 2. The number of benzene rings is 1. The number of nitro benzene ring substituents is 1. The molecule has 0 saturated heterocycles. The Hall–Kier alpha value is -2.48. The fraction of sp³-hybridized carbons (Fsp3) is 0.111. The van der Waals surface area contributed by atoms with Crippen LogP contribution >= 0.6 is 0 Å². The number of hydrogen-bond donors (Lipinski definition) is 3. The van der Waals surface area contributed by atoms with E-state index >= 15 is 0 Å². The number of non-ortho nitro benzene ring substituents is 1. The minimum absolute atomic E-state index is 0.130. The summed E-state index contributed by atoms with van der Waals surface area (Å²) in [5.41, 5.74) is 1.40. The Bertz CT molecular complexity index is 442. The molecule has 1 aromatic carbocycles. The molecule has 2 amide bonds. The Kier molecular flexibility index (Phi) is 4.12. The Morgan fingerprint density at radius 1 is 1.29 bits per heavy atom. The van der Waals surface area contributed by atoms with Crippen molar-refractivity contribution in [3.63, 3.8) is 0 Å². The smallest absolute Gasteiger partial charge is 0.269 e. The molecule has 0 aliphatic carbocycles. The standard InChI is InChI=1S/C9H9N3O5/c13-8(11-15)5-10-9(14)6-1-3-7(4-2-6)12(16)17/h1-4,15H,5H2,(H,10,14)(H,11,13). The first-order chi connectivity index (χ1) is 8.04. The summed E-state index contributed by atoms with van der Waals surface area (Å²) in [6.45, 7) is -0.383. The van der Waals surface area contributed by atoms with Crippen LogP contribution < -0.4 is 10.8 Å². The van der Waals surface area contributed by atoms with Crippen molar-refractivity contribution in [2.75, 3.05) is 6.54 Å². The van der Waals surface area contributed by atoms with E-state index in [-0.39, 0.29) is 17.8 Å². The molecule has 0 fully saturated rings. The van der Waals surface area contributed by atoms with Crippen molar-refractivity contribution in [1.82, 2.24) is 10.8 Å². The summed E-state index contributed by atoms with van der Waals surface area (Å²) < 4.78 is 0. The second-order valence-electron chi connectivity index (χ2n) is 3.02. The molecule has 17 heavy (non-hydrogen) atoms. The molecule has 0 spiro atoms. The first-order valence-electron chi connectivity index (χ1n) is 4.50. The van der Waals surface area contributed by atoms with Gasteiger partial charge in [0.15, 0.2) is 0 Å². The van der Waals surface area contributed by atoms with Crippen LogP contribution in [0.3, 0.4) is 0 Å². The van der Waals surface area contributed by atoms with Crippen molar-refractivity contribution < 1.29 is 19.7 Å². The summed E-state index contributed by atoms with van der Waals surface area (Å²) in [5, 5.41) is 20.8. The lowest BCUT2D eigenvalue weighted by Gasteiger charge is -2.03. The van der Waals surface area contributed by atoms with Crippen molar-refractivity contribution in [2.24, 2.45) is 0 Å². The summed E-state index contributed by atoms with van der Waals surface area (Å²) in [5.74, 6) is -1.33. The third-order valence-electron chi connectivity index (χ3n) is 1.87. The Balaban J connectivity index is 2.64. The average molecular weight is 239 g/mol. The molecule has 0 aliphatic rings. The maximum absolute atomic E-state index is 11.4. The molecule has 90 valence electrons. The van der Waals surface area contributed by atoms with E-state index in [0.717, 1.165) is 0 Å². The van der Waals surface area contributed by atoms with Crippen molar-refractivity contribution >= 4 is 17.5 Å². The molecular formula is C9H9N3O5. The first-order valence-corrected chi connectivity index (χ1v) is 4.50. The largest absolute Gasteiger partial charge is 0.343 e. The molecule has 0 heterocycles. The lowest BCUT2D eigenvalue weighted by molar-refractivity contribution is -0.384. The van der Waals surface area contributed by atoms with Gasteiger partial charge in [-0.3, -0.25) is 24.9 Å². The molecule has 1 aromatic rings. The average Bonchev–Trinajstić information content (AvgIpc) is 2.35. The van der Waals surface area contributed by atoms with Crippen LogP contribution in [0.15, 0.2) is 24.3 Å². The molecule has 0 unspecified atom stereocenters. The fourth-order valence-corrected chi connectivity index (χ4v) is 1.04. The molecular weight excluding hydrogens is 230 g/mol. The number of nitrogens with zero attached hydrogens (tertiary/aromatic N) is 1. The van der Waals surface area contributed by atoms with Crippen molar-refractivity contribution in [1.29, 1.82) is 0 Å². The minimum Gasteiger partial charge on any atom is -0.343 e. The lowest BCUT2D eigenvalue weighted by atomic mass is 10.2. The maximum Gasteiger partial charge on any atom is 0.269 e. The van der Waals surface area contributed by atoms with Crippen LogP contribution in [0.2, 0.25) is 0 Å². The van der Waals surface area contributed by atoms with E-state index < -0.39 is 16.7 Å². The summed E-state index contributed by atoms with van der Waals surface area (Å²) in [7, 11) is 0. The number of nitrogens with one attached hydrogen (secondary N) is 2. The van der Waals surface area contributed by atoms with Gasteiger partial charge in [0.1, 0.15) is 0 Å². The lowest BCUT2D eigenvalue weighted by Crippen LogP contribution is -2.35. The molecule has 8 nitrogen and oxygen atoms in total. The number of rotatable bonds is 4. The molecule has 0 aliphatic heterocycles. The molecule has 3 N–H and O–H groups in total. The highest BCUT2D eigenvalue weighted by Crippen LogP contribution is 2.11. The second kappa shape index (κ2) is 5.56. The highest BCUT2D eigenvalue weighted by atomic mass is 16.6. The van der Waals surface area contributed by atoms with Gasteiger partial charge in [0.05, 0.1) is 11.5 Å². The normalized spacial score (nSPS) is 9.47. The van der Waals surface area contributed by atoms with Crippen LogP contribution in [0.5, 0.6) is 0 Å². The van der Waals surface area contributed by atoms with Gasteiger partial charge in [-0.1, -0.05) is 0 Å². The van der Waals surface area contributed by atoms with E-state index in [9.17, 15) is 19.7 Å². The maximum atomic E-state index is 11.4. The van der Waals surface area contributed by atoms with E-state index in [1.807, 2.05) is 0 Å². The van der Waals surface area contributed by atoms with E-state index in [2.05, 4.69) is 5.32 Å². The molecule has 0 saturated carbocycles. The number of carbonyl (C=O) groups is 2. The molecule has 1 rings (SSSR count). The predicted octanol–water partition coefficient (Wildman–Crippen LogP) is -0.170. The fourth-order valence-electron chi connectivity index (χ4n) is 1.04. The van der Waals surface area contributed by atoms with Crippen molar-refractivity contribution in [3.05, 3.63) is 39.9 Å². The van der Waals surface area contributed by atoms with Crippen LogP contribution in [0.25, 0.3) is 0 Å². The zero-order chi connectivity index (χ0) is 12.8. The third kappa shape index (κ3) is 3.54. The summed E-state index contributed by atoms with van der Waals surface area (Å²) >= 11 is 0. The highest BCUT2D eigenvalue weighted by Gasteiger charge is 2.10. The van der Waals surface area contributed by atoms with Gasteiger partial charge in [-0.2, -0.15) is 0 Å². The van der Waals surface area contributed by atoms with Crippen molar-refractivity contribution in [3.8, 4) is 0 Å². The molecule has 0 radical (unpaired) electrons. The Morgan fingerprint density at radius 3 is 2.35 bits per heavy atom. The van der Waals surface area contributed by atoms with Gasteiger partial charge < -0.3 is 5.32 Å². The highest BCUT2D eigenvalue weighted by molar-refractivity contribution is 5.96. The molecule has 8 heteroatoms. The van der Waals surface area contributed by atoms with Crippen LogP contribution in [0, 0.1) is 10.1 Å². The van der Waals surface area contributed by atoms with Gasteiger partial charge in [0.2, 0.25) is 0 Å². The predicted molar refractivity (Wildman–Crippen MR) is 55.4 cm³/mol. The molecule has 0 bridgehead atoms. The van der Waals surface area contributed by atoms with Gasteiger partial charge in [0, 0.05) is 17.7 Å². The molecule has 0 atom stereocenters. The number of hydrogen-bond acceptors (Lipinski definition) is 5. The summed E-state index contributed by atoms with van der Waals surface area (Å²) in [4.78, 5) is 31.8. The number of hydroxylamine groups is 1. The second-order valence-corrected chi connectivity index (χ2v) is 3.02. The summed E-state index contributed by atoms with van der Waals surface area (Å²) in [6, 6.07) is 4.90. The van der Waals surface area contributed by atoms with Crippen LogP contribution in [0.1, 0.15) is 10.4 Å². The van der Waals surface area contributed by atoms with E-state index in [1.54, 1.807) is 0 Å². The van der Waals surface area contributed by atoms with E-state index in [1.165, 1.54) is 29.7 Å². The monoisotopic (exact) mass is 239 g/mol. The zero-order valence-corrected chi connectivity index (χ0v) is 8.54. The minimum atomic E-state index is -0.764. The first kappa shape index (κ1) is 12.6. The van der Waals surface area contributed by atoms with Gasteiger partial charge in [0.25, 0.3) is 17.5 Å². The third-order valence-corrected chi connectivity index (χ3v) is 1.87. The van der Waals surface area contributed by atoms with Gasteiger partial charge >= 0.3 is 0 Å². The van der Waals surface area contributed by atoms with Gasteiger partial charge in [-0.05, 0) is 12.1 Å². The topological polar surface area (TPSA) is 122 Å².